The standard InChI is InChI=1S/C26H28INO4.C26H29NO4.CH4/c1-17-23(31-17)15-28(25(29)32-26(2,3)4)21-14-22(30-16-18-10-6-5-7-11-18)19-12-8-9-13-20(19)24(21)27;1-17(28)21-15-27(25(29)31-26(2,3)4)22-14-23(30-16-18-10-6-5-7-11-18)19-12-8-9-13-20(19)24(21)22;/h5-14,17,23H,15-16H2,1-4H3;5-14,17,21,28H,15-16H2,1-4H3;1H4/t17-,23-;17-,21+;/m11./s1. The van der Waals surface area contributed by atoms with E-state index in [1.54, 1.807) is 16.7 Å². The Kier molecular flexibility index (Phi) is 15.2. The van der Waals surface area contributed by atoms with Crippen LogP contribution in [-0.4, -0.2) is 59.9 Å². The van der Waals surface area contributed by atoms with E-state index in [4.69, 9.17) is 23.7 Å². The lowest BCUT2D eigenvalue weighted by Gasteiger charge is -2.28. The SMILES string of the molecule is C.C[C@@H](O)[C@@H]1CN(C(=O)OC(C)(C)C)c2cc(OCc3ccccc3)c3ccccc3c21.C[C@H]1O[C@@H]1CN(C(=O)OC(C)(C)C)c1cc(OCc2ccccc2)c2ccccc2c1I. The molecule has 1 fully saturated rings. The van der Waals surface area contributed by atoms with Crippen molar-refractivity contribution in [3.05, 3.63) is 142 Å². The molecule has 338 valence electrons. The van der Waals surface area contributed by atoms with Gasteiger partial charge in [-0.3, -0.25) is 9.80 Å². The van der Waals surface area contributed by atoms with E-state index < -0.39 is 23.4 Å². The Bertz CT molecular complexity index is 2550. The van der Waals surface area contributed by atoms with Gasteiger partial charge in [-0.05, 0) is 100 Å². The average molecular weight is 981 g/mol. The summed E-state index contributed by atoms with van der Waals surface area (Å²) in [6.45, 7) is 16.6. The summed E-state index contributed by atoms with van der Waals surface area (Å²) in [6, 6.07) is 40.0. The maximum Gasteiger partial charge on any atom is 0.414 e. The third-order valence-electron chi connectivity index (χ3n) is 10.8. The Morgan fingerprint density at radius 1 is 0.750 bits per heavy atom. The molecule has 64 heavy (non-hydrogen) atoms. The lowest BCUT2D eigenvalue weighted by atomic mass is 9.91. The predicted octanol–water partition coefficient (Wildman–Crippen LogP) is 12.8. The van der Waals surface area contributed by atoms with Gasteiger partial charge in [0.05, 0.1) is 30.1 Å². The Labute approximate surface area is 391 Å². The first kappa shape index (κ1) is 48.1. The number of rotatable bonds is 10. The molecule has 2 aliphatic rings. The molecule has 0 radical (unpaired) electrons. The first-order chi connectivity index (χ1) is 30.0. The largest absolute Gasteiger partial charge is 0.488 e. The molecule has 0 aromatic heterocycles. The van der Waals surface area contributed by atoms with Crippen molar-refractivity contribution in [2.24, 2.45) is 0 Å². The van der Waals surface area contributed by atoms with Crippen LogP contribution < -0.4 is 19.3 Å². The fourth-order valence-electron chi connectivity index (χ4n) is 7.62. The van der Waals surface area contributed by atoms with E-state index in [0.29, 0.717) is 32.1 Å². The summed E-state index contributed by atoms with van der Waals surface area (Å²) < 4.78 is 30.5. The average Bonchev–Trinajstić information content (AvgIpc) is 3.80. The molecule has 0 aliphatic carbocycles. The fourth-order valence-corrected chi connectivity index (χ4v) is 8.54. The van der Waals surface area contributed by atoms with Crippen molar-refractivity contribution in [1.82, 2.24) is 0 Å². The lowest BCUT2D eigenvalue weighted by Crippen LogP contribution is -2.39. The van der Waals surface area contributed by atoms with E-state index in [1.807, 2.05) is 164 Å². The van der Waals surface area contributed by atoms with Crippen molar-refractivity contribution in [3.63, 3.8) is 0 Å². The summed E-state index contributed by atoms with van der Waals surface area (Å²) in [5, 5.41) is 14.5. The fraction of sp³-hybridized carbons (Fsp3) is 0.358. The molecule has 10 nitrogen and oxygen atoms in total. The zero-order valence-electron chi connectivity index (χ0n) is 37.3. The highest BCUT2D eigenvalue weighted by molar-refractivity contribution is 14.1. The molecule has 11 heteroatoms. The highest BCUT2D eigenvalue weighted by atomic mass is 127. The third kappa shape index (κ3) is 11.7. The van der Waals surface area contributed by atoms with E-state index in [9.17, 15) is 14.7 Å². The second-order valence-electron chi connectivity index (χ2n) is 18.1. The van der Waals surface area contributed by atoms with Gasteiger partial charge < -0.3 is 28.8 Å². The second kappa shape index (κ2) is 20.2. The van der Waals surface area contributed by atoms with Crippen molar-refractivity contribution in [2.75, 3.05) is 22.9 Å². The number of nitrogens with zero attached hydrogens (tertiary/aromatic N) is 2. The molecule has 8 rings (SSSR count). The van der Waals surface area contributed by atoms with Gasteiger partial charge in [-0.1, -0.05) is 117 Å². The number of epoxide rings is 1. The smallest absolute Gasteiger partial charge is 0.414 e. The van der Waals surface area contributed by atoms with Crippen molar-refractivity contribution < 1.29 is 38.4 Å². The molecule has 1 N–H and O–H groups in total. The van der Waals surface area contributed by atoms with E-state index >= 15 is 0 Å². The molecule has 1 saturated heterocycles. The lowest BCUT2D eigenvalue weighted by molar-refractivity contribution is 0.0566. The maximum absolute atomic E-state index is 13.2. The van der Waals surface area contributed by atoms with Crippen LogP contribution in [0.25, 0.3) is 21.5 Å². The van der Waals surface area contributed by atoms with E-state index in [2.05, 4.69) is 28.7 Å². The number of carbonyl (C=O) groups is 2. The number of carbonyl (C=O) groups excluding carboxylic acids is 2. The molecule has 0 spiro atoms. The van der Waals surface area contributed by atoms with Crippen LogP contribution in [0.4, 0.5) is 21.0 Å². The Morgan fingerprint density at radius 3 is 1.72 bits per heavy atom. The number of anilines is 2. The Balaban J connectivity index is 0.000000209. The zero-order chi connectivity index (χ0) is 45.1. The number of fused-ring (bicyclic) bond motifs is 4. The van der Waals surface area contributed by atoms with Crippen molar-refractivity contribution in [2.45, 2.75) is 111 Å². The molecule has 2 aliphatic heterocycles. The van der Waals surface area contributed by atoms with Gasteiger partial charge in [-0.15, -0.1) is 0 Å². The minimum absolute atomic E-state index is 0. The van der Waals surface area contributed by atoms with Crippen LogP contribution in [0.2, 0.25) is 0 Å². The number of hydrogen-bond donors (Lipinski definition) is 1. The summed E-state index contributed by atoms with van der Waals surface area (Å²) in [5.74, 6) is 1.24. The van der Waals surface area contributed by atoms with Crippen LogP contribution in [0.3, 0.4) is 0 Å². The van der Waals surface area contributed by atoms with Crippen LogP contribution in [0.15, 0.2) is 121 Å². The molecular weight excluding hydrogens is 919 g/mol. The highest BCUT2D eigenvalue weighted by Gasteiger charge is 2.40. The third-order valence-corrected chi connectivity index (χ3v) is 11.9. The Hall–Kier alpha value is -5.37. The van der Waals surface area contributed by atoms with Gasteiger partial charge in [0.2, 0.25) is 0 Å². The second-order valence-corrected chi connectivity index (χ2v) is 19.1. The van der Waals surface area contributed by atoms with Gasteiger partial charge in [0.15, 0.2) is 0 Å². The molecule has 0 bridgehead atoms. The molecule has 6 aromatic rings. The molecule has 2 amide bonds. The van der Waals surface area contributed by atoms with Crippen LogP contribution in [0.5, 0.6) is 11.5 Å². The number of hydrogen-bond acceptors (Lipinski definition) is 8. The van der Waals surface area contributed by atoms with Crippen LogP contribution in [0, 0.1) is 3.57 Å². The Morgan fingerprint density at radius 2 is 1.22 bits per heavy atom. The quantitative estimate of drug-likeness (QED) is 0.107. The molecular formula is C53H61IN2O8. The highest BCUT2D eigenvalue weighted by Crippen LogP contribution is 2.47. The first-order valence-electron chi connectivity index (χ1n) is 21.4. The van der Waals surface area contributed by atoms with Crippen molar-refractivity contribution in [1.29, 1.82) is 0 Å². The number of aliphatic hydroxyl groups is 1. The van der Waals surface area contributed by atoms with Gasteiger partial charge in [-0.2, -0.15) is 0 Å². The van der Waals surface area contributed by atoms with E-state index in [0.717, 1.165) is 58.9 Å². The number of benzene rings is 6. The molecule has 0 saturated carbocycles. The molecule has 2 heterocycles. The maximum atomic E-state index is 13.2. The summed E-state index contributed by atoms with van der Waals surface area (Å²) in [6.07, 6.45) is -1.28. The van der Waals surface area contributed by atoms with Gasteiger partial charge in [0.25, 0.3) is 0 Å². The van der Waals surface area contributed by atoms with E-state index in [1.165, 1.54) is 0 Å². The van der Waals surface area contributed by atoms with Gasteiger partial charge in [0, 0.05) is 44.3 Å². The monoisotopic (exact) mass is 980 g/mol. The number of halogens is 1. The summed E-state index contributed by atoms with van der Waals surface area (Å²) in [7, 11) is 0. The molecule has 6 aromatic carbocycles. The topological polar surface area (TPSA) is 110 Å². The van der Waals surface area contributed by atoms with Crippen molar-refractivity contribution >= 4 is 67.7 Å². The van der Waals surface area contributed by atoms with E-state index in [-0.39, 0.29) is 31.6 Å². The van der Waals surface area contributed by atoms with Crippen LogP contribution in [0.1, 0.15) is 85.4 Å². The summed E-state index contributed by atoms with van der Waals surface area (Å²) in [4.78, 5) is 29.5. The minimum atomic E-state index is -0.607. The predicted molar refractivity (Wildman–Crippen MR) is 265 cm³/mol. The number of amides is 2. The van der Waals surface area contributed by atoms with Gasteiger partial charge >= 0.3 is 12.2 Å². The zero-order valence-corrected chi connectivity index (χ0v) is 39.4. The molecule has 4 atom stereocenters. The first-order valence-corrected chi connectivity index (χ1v) is 22.5. The number of ether oxygens (including phenoxy) is 5. The van der Waals surface area contributed by atoms with Gasteiger partial charge in [0.1, 0.15) is 42.0 Å². The molecule has 0 unspecified atom stereocenters. The summed E-state index contributed by atoms with van der Waals surface area (Å²) >= 11 is 2.31. The van der Waals surface area contributed by atoms with Crippen molar-refractivity contribution in [3.8, 4) is 11.5 Å². The summed E-state index contributed by atoms with van der Waals surface area (Å²) in [5.41, 5.74) is 3.41. The van der Waals surface area contributed by atoms with Gasteiger partial charge in [-0.25, -0.2) is 9.59 Å². The van der Waals surface area contributed by atoms with Crippen LogP contribution >= 0.6 is 22.6 Å². The normalized spacial score (nSPS) is 17.0. The van der Waals surface area contributed by atoms with Crippen LogP contribution in [-0.2, 0) is 27.4 Å². The number of aliphatic hydroxyl groups excluding tert-OH is 1. The minimum Gasteiger partial charge on any atom is -0.488 e.